The number of fused-ring (bicyclic) bond motifs is 1. The highest BCUT2D eigenvalue weighted by Gasteiger charge is 2.19. The number of pyridine rings is 2. The number of benzene rings is 1. The molecule has 9 nitrogen and oxygen atoms in total. The highest BCUT2D eigenvalue weighted by Crippen LogP contribution is 2.27. The number of H-pyrrole nitrogens is 1. The normalized spacial score (nSPS) is 17.5. The summed E-state index contributed by atoms with van der Waals surface area (Å²) < 4.78 is 0. The van der Waals surface area contributed by atoms with Crippen LogP contribution >= 0.6 is 0 Å². The molecule has 0 bridgehead atoms. The molecule has 1 amide bonds. The molecule has 0 unspecified atom stereocenters. The lowest BCUT2D eigenvalue weighted by Gasteiger charge is -2.29. The minimum atomic E-state index is -0.257. The Labute approximate surface area is 228 Å². The van der Waals surface area contributed by atoms with Crippen LogP contribution < -0.4 is 5.32 Å². The van der Waals surface area contributed by atoms with Crippen molar-refractivity contribution in [2.24, 2.45) is 0 Å². The molecule has 1 aromatic carbocycles. The maximum absolute atomic E-state index is 13.3. The first-order valence-corrected chi connectivity index (χ1v) is 13.9. The van der Waals surface area contributed by atoms with E-state index in [1.165, 1.54) is 19.3 Å². The lowest BCUT2D eigenvalue weighted by atomic mass is 10.0. The largest absolute Gasteiger partial charge is 0.393 e. The van der Waals surface area contributed by atoms with Crippen LogP contribution in [0.4, 0.5) is 5.69 Å². The number of aliphatic hydroxyl groups excluding tert-OH is 1. The molecule has 2 saturated heterocycles. The Morgan fingerprint density at radius 2 is 1.77 bits per heavy atom. The van der Waals surface area contributed by atoms with Crippen LogP contribution in [0.25, 0.3) is 22.0 Å². The van der Waals surface area contributed by atoms with E-state index in [9.17, 15) is 9.90 Å². The highest BCUT2D eigenvalue weighted by atomic mass is 16.3. The van der Waals surface area contributed by atoms with Gasteiger partial charge in [-0.3, -0.25) is 29.7 Å². The SMILES string of the molecule is O=C(Nc1ccnc(CN2CCCCC2)c1)c1n[nH]c2ccc(-c3cncc(CN4CCC(O)CC4)c3)cc12. The molecule has 2 fully saturated rings. The van der Waals surface area contributed by atoms with Crippen molar-refractivity contribution in [3.63, 3.8) is 0 Å². The van der Waals surface area contributed by atoms with Gasteiger partial charge in [-0.05, 0) is 80.2 Å². The van der Waals surface area contributed by atoms with Crippen molar-refractivity contribution in [3.8, 4) is 11.1 Å². The molecule has 3 aromatic heterocycles. The summed E-state index contributed by atoms with van der Waals surface area (Å²) in [5.41, 5.74) is 5.95. The van der Waals surface area contributed by atoms with Crippen molar-refractivity contribution >= 4 is 22.5 Å². The Morgan fingerprint density at radius 1 is 0.949 bits per heavy atom. The molecule has 5 heterocycles. The van der Waals surface area contributed by atoms with Crippen molar-refractivity contribution in [2.45, 2.75) is 51.3 Å². The van der Waals surface area contributed by atoms with Gasteiger partial charge in [0.2, 0.25) is 0 Å². The summed E-state index contributed by atoms with van der Waals surface area (Å²) in [6.45, 7) is 5.58. The van der Waals surface area contributed by atoms with Gasteiger partial charge in [-0.1, -0.05) is 12.5 Å². The molecular formula is C30H35N7O2. The van der Waals surface area contributed by atoms with E-state index in [-0.39, 0.29) is 12.0 Å². The van der Waals surface area contributed by atoms with Crippen LogP contribution in [0.2, 0.25) is 0 Å². The fraction of sp³-hybridized carbons (Fsp3) is 0.400. The number of nitrogens with one attached hydrogen (secondary N) is 2. The molecule has 0 saturated carbocycles. The molecule has 3 N–H and O–H groups in total. The molecule has 2 aliphatic rings. The minimum Gasteiger partial charge on any atom is -0.393 e. The van der Waals surface area contributed by atoms with E-state index < -0.39 is 0 Å². The zero-order chi connectivity index (χ0) is 26.6. The van der Waals surface area contributed by atoms with Gasteiger partial charge >= 0.3 is 0 Å². The maximum atomic E-state index is 13.3. The third kappa shape index (κ3) is 6.16. The molecular weight excluding hydrogens is 490 g/mol. The van der Waals surface area contributed by atoms with Gasteiger partial charge in [0.15, 0.2) is 5.69 Å². The van der Waals surface area contributed by atoms with Gasteiger partial charge in [-0.2, -0.15) is 5.10 Å². The molecule has 39 heavy (non-hydrogen) atoms. The van der Waals surface area contributed by atoms with Crippen LogP contribution in [0.15, 0.2) is 55.0 Å². The Morgan fingerprint density at radius 3 is 2.62 bits per heavy atom. The van der Waals surface area contributed by atoms with Crippen LogP contribution in [0, 0.1) is 0 Å². The zero-order valence-corrected chi connectivity index (χ0v) is 22.1. The molecule has 0 radical (unpaired) electrons. The van der Waals surface area contributed by atoms with Gasteiger partial charge in [0.25, 0.3) is 5.91 Å². The van der Waals surface area contributed by atoms with E-state index >= 15 is 0 Å². The van der Waals surface area contributed by atoms with Gasteiger partial charge in [0, 0.05) is 61.4 Å². The van der Waals surface area contributed by atoms with E-state index in [1.54, 1.807) is 6.20 Å². The number of hydrogen-bond acceptors (Lipinski definition) is 7. The van der Waals surface area contributed by atoms with Crippen LogP contribution in [-0.4, -0.2) is 73.3 Å². The van der Waals surface area contributed by atoms with Gasteiger partial charge in [-0.25, -0.2) is 0 Å². The number of anilines is 1. The van der Waals surface area contributed by atoms with Crippen molar-refractivity contribution in [3.05, 3.63) is 71.9 Å². The third-order valence-corrected chi connectivity index (χ3v) is 7.78. The topological polar surface area (TPSA) is 110 Å². The van der Waals surface area contributed by atoms with Crippen LogP contribution in [0.3, 0.4) is 0 Å². The summed E-state index contributed by atoms with van der Waals surface area (Å²) in [4.78, 5) is 27.0. The number of aliphatic hydroxyl groups is 1. The Bertz CT molecular complexity index is 1440. The van der Waals surface area contributed by atoms with Gasteiger partial charge in [0.1, 0.15) is 0 Å². The van der Waals surface area contributed by atoms with E-state index in [4.69, 9.17) is 0 Å². The zero-order valence-electron chi connectivity index (χ0n) is 22.1. The van der Waals surface area contributed by atoms with Gasteiger partial charge in [0.05, 0.1) is 17.3 Å². The van der Waals surface area contributed by atoms with Crippen LogP contribution in [-0.2, 0) is 13.1 Å². The van der Waals surface area contributed by atoms with Crippen molar-refractivity contribution < 1.29 is 9.90 Å². The Hall–Kier alpha value is -3.66. The molecule has 0 aliphatic carbocycles. The molecule has 4 aromatic rings. The predicted octanol–water partition coefficient (Wildman–Crippen LogP) is 4.21. The quantitative estimate of drug-likeness (QED) is 0.331. The first-order chi connectivity index (χ1) is 19.1. The van der Waals surface area contributed by atoms with E-state index in [2.05, 4.69) is 41.3 Å². The molecule has 6 rings (SSSR count). The fourth-order valence-corrected chi connectivity index (χ4v) is 5.61. The standard InChI is InChI=1S/C30H35N7O2/c38-26-7-12-37(13-8-26)19-21-14-23(18-31-17-21)22-4-5-28-27(15-22)29(35-34-28)30(39)33-24-6-9-32-25(16-24)20-36-10-2-1-3-11-36/h4-6,9,14-18,26,38H,1-3,7-8,10-13,19-20H2,(H,34,35)(H,32,33,39). The predicted molar refractivity (Wildman–Crippen MR) is 151 cm³/mol. The number of rotatable bonds is 7. The summed E-state index contributed by atoms with van der Waals surface area (Å²) in [5.74, 6) is -0.257. The first-order valence-electron chi connectivity index (χ1n) is 13.9. The molecule has 202 valence electrons. The summed E-state index contributed by atoms with van der Waals surface area (Å²) in [5, 5.41) is 20.9. The number of aromatic nitrogens is 4. The van der Waals surface area contributed by atoms with Crippen LogP contribution in [0.1, 0.15) is 53.8 Å². The Kier molecular flexibility index (Phi) is 7.62. The summed E-state index contributed by atoms with van der Waals surface area (Å²) >= 11 is 0. The number of likely N-dealkylation sites (tertiary alicyclic amines) is 2. The number of carbonyl (C=O) groups excluding carboxylic acids is 1. The summed E-state index contributed by atoms with van der Waals surface area (Å²) in [6.07, 6.45) is 10.7. The lowest BCUT2D eigenvalue weighted by Crippen LogP contribution is -2.35. The van der Waals surface area contributed by atoms with Crippen molar-refractivity contribution in [1.82, 2.24) is 30.0 Å². The van der Waals surface area contributed by atoms with Crippen molar-refractivity contribution in [2.75, 3.05) is 31.5 Å². The monoisotopic (exact) mass is 525 g/mol. The average molecular weight is 526 g/mol. The highest BCUT2D eigenvalue weighted by molar-refractivity contribution is 6.11. The summed E-state index contributed by atoms with van der Waals surface area (Å²) in [6, 6.07) is 11.9. The molecule has 9 heteroatoms. The maximum Gasteiger partial charge on any atom is 0.276 e. The lowest BCUT2D eigenvalue weighted by molar-refractivity contribution is 0.0792. The third-order valence-electron chi connectivity index (χ3n) is 7.78. The average Bonchev–Trinajstić information content (AvgIpc) is 3.39. The number of hydrogen-bond donors (Lipinski definition) is 3. The van der Waals surface area contributed by atoms with Crippen LogP contribution in [0.5, 0.6) is 0 Å². The van der Waals surface area contributed by atoms with E-state index in [0.717, 1.165) is 91.1 Å². The smallest absolute Gasteiger partial charge is 0.276 e. The summed E-state index contributed by atoms with van der Waals surface area (Å²) in [7, 11) is 0. The second-order valence-corrected chi connectivity index (χ2v) is 10.7. The van der Waals surface area contributed by atoms with Crippen molar-refractivity contribution in [1.29, 1.82) is 0 Å². The number of carbonyl (C=O) groups is 1. The number of nitrogens with zero attached hydrogens (tertiary/aromatic N) is 5. The molecule has 2 aliphatic heterocycles. The fourth-order valence-electron chi connectivity index (χ4n) is 5.61. The molecule has 0 spiro atoms. The second kappa shape index (κ2) is 11.6. The van der Waals surface area contributed by atoms with E-state index in [0.29, 0.717) is 5.69 Å². The number of piperidine rings is 2. The second-order valence-electron chi connectivity index (χ2n) is 10.7. The minimum absolute atomic E-state index is 0.182. The Balaban J connectivity index is 1.18. The number of amides is 1. The number of aromatic amines is 1. The van der Waals surface area contributed by atoms with Gasteiger partial charge in [-0.15, -0.1) is 0 Å². The first kappa shape index (κ1) is 25.6. The van der Waals surface area contributed by atoms with E-state index in [1.807, 2.05) is 42.7 Å². The van der Waals surface area contributed by atoms with Gasteiger partial charge < -0.3 is 10.4 Å². The molecule has 0 atom stereocenters.